The molecule has 1 unspecified atom stereocenters. The van der Waals surface area contributed by atoms with Crippen LogP contribution < -0.4 is 10.2 Å². The lowest BCUT2D eigenvalue weighted by molar-refractivity contribution is -0.137. The summed E-state index contributed by atoms with van der Waals surface area (Å²) >= 11 is 0. The van der Waals surface area contributed by atoms with Gasteiger partial charge in [-0.25, -0.2) is 4.79 Å². The van der Waals surface area contributed by atoms with Crippen LogP contribution in [0.1, 0.15) is 34.8 Å². The van der Waals surface area contributed by atoms with E-state index in [1.165, 1.54) is 25.1 Å². The van der Waals surface area contributed by atoms with Crippen LogP contribution >= 0.6 is 0 Å². The topological polar surface area (TPSA) is 58.6 Å². The van der Waals surface area contributed by atoms with Crippen molar-refractivity contribution in [3.63, 3.8) is 0 Å². The van der Waals surface area contributed by atoms with Gasteiger partial charge in [0.25, 0.3) is 5.91 Å². The van der Waals surface area contributed by atoms with Gasteiger partial charge < -0.3 is 15.0 Å². The zero-order valence-corrected chi connectivity index (χ0v) is 18.4. The molecule has 0 radical (unpaired) electrons. The quantitative estimate of drug-likeness (QED) is 0.469. The van der Waals surface area contributed by atoms with Crippen molar-refractivity contribution in [2.75, 3.05) is 16.8 Å². The average molecular weight is 468 g/mol. The summed E-state index contributed by atoms with van der Waals surface area (Å²) in [7, 11) is 0. The van der Waals surface area contributed by atoms with Crippen molar-refractivity contribution in [1.29, 1.82) is 0 Å². The van der Waals surface area contributed by atoms with Crippen molar-refractivity contribution in [3.05, 3.63) is 89.5 Å². The molecule has 0 saturated heterocycles. The van der Waals surface area contributed by atoms with Crippen LogP contribution in [0.15, 0.2) is 72.8 Å². The molecule has 1 heterocycles. The van der Waals surface area contributed by atoms with E-state index < -0.39 is 23.8 Å². The fourth-order valence-corrected chi connectivity index (χ4v) is 3.96. The van der Waals surface area contributed by atoms with Crippen molar-refractivity contribution >= 4 is 28.9 Å². The number of hydrogen-bond acceptors (Lipinski definition) is 4. The van der Waals surface area contributed by atoms with E-state index in [0.29, 0.717) is 6.54 Å². The highest BCUT2D eigenvalue weighted by Crippen LogP contribution is 2.32. The predicted molar refractivity (Wildman–Crippen MR) is 123 cm³/mol. The van der Waals surface area contributed by atoms with E-state index in [4.69, 9.17) is 4.74 Å². The van der Waals surface area contributed by atoms with E-state index in [0.717, 1.165) is 36.2 Å². The first-order chi connectivity index (χ1) is 16.2. The van der Waals surface area contributed by atoms with Crippen LogP contribution in [0, 0.1) is 0 Å². The second-order valence-electron chi connectivity index (χ2n) is 8.02. The lowest BCUT2D eigenvalue weighted by Crippen LogP contribution is -2.42. The Morgan fingerprint density at radius 3 is 2.53 bits per heavy atom. The first kappa shape index (κ1) is 23.4. The van der Waals surface area contributed by atoms with Gasteiger partial charge in [-0.05, 0) is 61.7 Å². The van der Waals surface area contributed by atoms with Crippen molar-refractivity contribution in [1.82, 2.24) is 0 Å². The maximum atomic E-state index is 13.1. The number of nitrogens with zero attached hydrogens (tertiary/aromatic N) is 1. The number of aryl methyl sites for hydroxylation is 1. The summed E-state index contributed by atoms with van der Waals surface area (Å²) in [5.74, 6) is -1.08. The van der Waals surface area contributed by atoms with Gasteiger partial charge in [0.05, 0.1) is 16.8 Å². The smallest absolute Gasteiger partial charge is 0.416 e. The van der Waals surface area contributed by atoms with Crippen LogP contribution in [0.5, 0.6) is 0 Å². The molecule has 5 nitrogen and oxygen atoms in total. The molecule has 4 rings (SSSR count). The highest BCUT2D eigenvalue weighted by molar-refractivity contribution is 6.01. The molecule has 0 saturated carbocycles. The van der Waals surface area contributed by atoms with Crippen LogP contribution in [-0.4, -0.2) is 24.5 Å². The van der Waals surface area contributed by atoms with Crippen molar-refractivity contribution < 1.29 is 27.5 Å². The van der Waals surface area contributed by atoms with E-state index in [9.17, 15) is 22.8 Å². The molecule has 176 valence electrons. The van der Waals surface area contributed by atoms with Crippen LogP contribution in [0.4, 0.5) is 30.2 Å². The van der Waals surface area contributed by atoms with Gasteiger partial charge in [0.1, 0.15) is 0 Å². The maximum absolute atomic E-state index is 13.1. The Bertz CT molecular complexity index is 1210. The highest BCUT2D eigenvalue weighted by atomic mass is 19.4. The van der Waals surface area contributed by atoms with E-state index >= 15 is 0 Å². The van der Waals surface area contributed by atoms with Crippen molar-refractivity contribution in [3.8, 4) is 0 Å². The molecule has 0 bridgehead atoms. The molecule has 3 aromatic rings. The Kier molecular flexibility index (Phi) is 6.58. The number of esters is 1. The second-order valence-corrected chi connectivity index (χ2v) is 8.02. The standard InChI is InChI=1S/C26H23F3N2O3/c1-17(24(32)31-15-7-9-18-8-2-5-14-23(18)31)34-25(33)21-12-3-4-13-22(21)30-20-11-6-10-19(16-20)26(27,28)29/h2-6,8,10-14,16-17,30H,7,9,15H2,1H3. The van der Waals surface area contributed by atoms with Gasteiger partial charge in [-0.15, -0.1) is 0 Å². The predicted octanol–water partition coefficient (Wildman–Crippen LogP) is 5.97. The molecular weight excluding hydrogens is 445 g/mol. The number of hydrogen-bond donors (Lipinski definition) is 1. The molecule has 1 aliphatic heterocycles. The number of rotatable bonds is 5. The molecule has 8 heteroatoms. The second kappa shape index (κ2) is 9.59. The number of carbonyl (C=O) groups is 2. The van der Waals surface area contributed by atoms with E-state index in [1.54, 1.807) is 23.1 Å². The minimum atomic E-state index is -4.49. The Morgan fingerprint density at radius 1 is 1.00 bits per heavy atom. The number of amides is 1. The van der Waals surface area contributed by atoms with E-state index in [1.807, 2.05) is 24.3 Å². The lowest BCUT2D eigenvalue weighted by atomic mass is 10.0. The van der Waals surface area contributed by atoms with Gasteiger partial charge in [0.15, 0.2) is 6.10 Å². The average Bonchev–Trinajstić information content (AvgIpc) is 2.83. The normalized spacial score (nSPS) is 14.2. The van der Waals surface area contributed by atoms with E-state index in [-0.39, 0.29) is 22.8 Å². The third-order valence-electron chi connectivity index (χ3n) is 5.62. The van der Waals surface area contributed by atoms with Gasteiger partial charge in [-0.1, -0.05) is 36.4 Å². The summed E-state index contributed by atoms with van der Waals surface area (Å²) in [5, 5.41) is 2.85. The molecule has 34 heavy (non-hydrogen) atoms. The number of nitrogens with one attached hydrogen (secondary N) is 1. The van der Waals surface area contributed by atoms with Crippen LogP contribution in [0.3, 0.4) is 0 Å². The zero-order chi connectivity index (χ0) is 24.3. The molecule has 0 aliphatic carbocycles. The lowest BCUT2D eigenvalue weighted by Gasteiger charge is -2.31. The molecule has 0 fully saturated rings. The number of carbonyl (C=O) groups excluding carboxylic acids is 2. The number of anilines is 3. The summed E-state index contributed by atoms with van der Waals surface area (Å²) in [6, 6.07) is 18.6. The Hall–Kier alpha value is -3.81. The van der Waals surface area contributed by atoms with Crippen LogP contribution in [0.25, 0.3) is 0 Å². The summed E-state index contributed by atoms with van der Waals surface area (Å²) in [5.41, 5.74) is 1.63. The van der Waals surface area contributed by atoms with E-state index in [2.05, 4.69) is 5.32 Å². The Labute approximate surface area is 195 Å². The van der Waals surface area contributed by atoms with Gasteiger partial charge in [-0.2, -0.15) is 13.2 Å². The molecule has 3 aromatic carbocycles. The van der Waals surface area contributed by atoms with Gasteiger partial charge in [-0.3, -0.25) is 4.79 Å². The molecule has 1 aliphatic rings. The van der Waals surface area contributed by atoms with Gasteiger partial charge >= 0.3 is 12.1 Å². The number of alkyl halides is 3. The summed E-state index contributed by atoms with van der Waals surface area (Å²) in [4.78, 5) is 27.6. The monoisotopic (exact) mass is 468 g/mol. The third kappa shape index (κ3) is 5.06. The zero-order valence-electron chi connectivity index (χ0n) is 18.4. The Balaban J connectivity index is 1.50. The SMILES string of the molecule is CC(OC(=O)c1ccccc1Nc1cccc(C(F)(F)F)c1)C(=O)N1CCCc2ccccc21. The van der Waals surface area contributed by atoms with Gasteiger partial charge in [0.2, 0.25) is 0 Å². The number of benzene rings is 3. The fraction of sp³-hybridized carbons (Fsp3) is 0.231. The number of fused-ring (bicyclic) bond motifs is 1. The number of para-hydroxylation sites is 2. The maximum Gasteiger partial charge on any atom is 0.416 e. The molecule has 1 N–H and O–H groups in total. The van der Waals surface area contributed by atoms with Crippen LogP contribution in [0.2, 0.25) is 0 Å². The molecule has 0 spiro atoms. The summed E-state index contributed by atoms with van der Waals surface area (Å²) in [6.45, 7) is 2.05. The largest absolute Gasteiger partial charge is 0.449 e. The molecule has 0 aromatic heterocycles. The Morgan fingerprint density at radius 2 is 1.74 bits per heavy atom. The number of halogens is 3. The molecule has 1 amide bonds. The van der Waals surface area contributed by atoms with Crippen LogP contribution in [-0.2, 0) is 22.1 Å². The first-order valence-electron chi connectivity index (χ1n) is 10.9. The number of ether oxygens (including phenoxy) is 1. The fourth-order valence-electron chi connectivity index (χ4n) is 3.96. The van der Waals surface area contributed by atoms with Crippen molar-refractivity contribution in [2.45, 2.75) is 32.0 Å². The highest BCUT2D eigenvalue weighted by Gasteiger charge is 2.31. The molecule has 1 atom stereocenters. The molecular formula is C26H23F3N2O3. The van der Waals surface area contributed by atoms with Gasteiger partial charge in [0, 0.05) is 17.9 Å². The first-order valence-corrected chi connectivity index (χ1v) is 10.9. The summed E-state index contributed by atoms with van der Waals surface area (Å²) in [6.07, 6.45) is -3.84. The minimum Gasteiger partial charge on any atom is -0.449 e. The summed E-state index contributed by atoms with van der Waals surface area (Å²) < 4.78 is 44.6. The third-order valence-corrected chi connectivity index (χ3v) is 5.62. The minimum absolute atomic E-state index is 0.110. The van der Waals surface area contributed by atoms with Crippen molar-refractivity contribution in [2.24, 2.45) is 0 Å².